The van der Waals surface area contributed by atoms with Crippen molar-refractivity contribution < 1.29 is 9.53 Å². The SMILES string of the molecule is Cc1nc(SCC(=O)NC2CCOc3ccccc32)n(CC(C)C)c1C. The first kappa shape index (κ1) is 18.8. The predicted molar refractivity (Wildman–Crippen MR) is 105 cm³/mol. The average molecular weight is 374 g/mol. The Morgan fingerprint density at radius 3 is 2.92 bits per heavy atom. The molecule has 1 aliphatic heterocycles. The topological polar surface area (TPSA) is 56.1 Å². The van der Waals surface area contributed by atoms with Crippen molar-refractivity contribution in [2.75, 3.05) is 12.4 Å². The summed E-state index contributed by atoms with van der Waals surface area (Å²) in [6.07, 6.45) is 0.799. The number of nitrogens with one attached hydrogen (secondary N) is 1. The molecule has 1 aromatic heterocycles. The number of benzene rings is 1. The molecule has 1 amide bonds. The van der Waals surface area contributed by atoms with Crippen molar-refractivity contribution in [3.05, 3.63) is 41.2 Å². The lowest BCUT2D eigenvalue weighted by Crippen LogP contribution is -2.33. The molecule has 0 fully saturated rings. The standard InChI is InChI=1S/C20H27N3O2S/c1-13(2)11-23-15(4)14(3)21-20(23)26-12-19(24)22-17-9-10-25-18-8-6-5-7-16(17)18/h5-8,13,17H,9-12H2,1-4H3,(H,22,24). The minimum absolute atomic E-state index is 0.0203. The van der Waals surface area contributed by atoms with Gasteiger partial charge in [0, 0.05) is 24.2 Å². The second-order valence-corrected chi connectivity index (χ2v) is 8.10. The number of carbonyl (C=O) groups is 1. The number of ether oxygens (including phenoxy) is 1. The van der Waals surface area contributed by atoms with Crippen molar-refractivity contribution in [3.8, 4) is 5.75 Å². The normalized spacial score (nSPS) is 16.3. The van der Waals surface area contributed by atoms with Gasteiger partial charge < -0.3 is 14.6 Å². The third-order valence-electron chi connectivity index (χ3n) is 4.60. The van der Waals surface area contributed by atoms with Crippen LogP contribution >= 0.6 is 11.8 Å². The molecular formula is C20H27N3O2S. The van der Waals surface area contributed by atoms with E-state index in [0.717, 1.165) is 35.1 Å². The zero-order chi connectivity index (χ0) is 18.7. The zero-order valence-electron chi connectivity index (χ0n) is 15.9. The Morgan fingerprint density at radius 1 is 1.38 bits per heavy atom. The number of nitrogens with zero attached hydrogens (tertiary/aromatic N) is 2. The Kier molecular flexibility index (Phi) is 5.91. The number of hydrogen-bond acceptors (Lipinski definition) is 4. The largest absolute Gasteiger partial charge is 0.493 e. The molecule has 5 nitrogen and oxygen atoms in total. The van der Waals surface area contributed by atoms with Crippen molar-refractivity contribution in [1.82, 2.24) is 14.9 Å². The number of amides is 1. The average Bonchev–Trinajstić information content (AvgIpc) is 2.87. The van der Waals surface area contributed by atoms with Crippen molar-refractivity contribution in [1.29, 1.82) is 0 Å². The molecule has 26 heavy (non-hydrogen) atoms. The number of rotatable bonds is 6. The second-order valence-electron chi connectivity index (χ2n) is 7.15. The molecule has 1 aliphatic rings. The highest BCUT2D eigenvalue weighted by Crippen LogP contribution is 2.31. The molecule has 0 saturated carbocycles. The monoisotopic (exact) mass is 373 g/mol. The molecule has 0 saturated heterocycles. The van der Waals surface area contributed by atoms with Gasteiger partial charge in [-0.05, 0) is 25.8 Å². The molecule has 0 bridgehead atoms. The number of aromatic nitrogens is 2. The number of fused-ring (bicyclic) bond motifs is 1. The Hall–Kier alpha value is -1.95. The molecule has 1 unspecified atom stereocenters. The summed E-state index contributed by atoms with van der Waals surface area (Å²) < 4.78 is 7.89. The van der Waals surface area contributed by atoms with Gasteiger partial charge in [0.1, 0.15) is 5.75 Å². The van der Waals surface area contributed by atoms with Crippen LogP contribution in [-0.4, -0.2) is 27.8 Å². The summed E-state index contributed by atoms with van der Waals surface area (Å²) >= 11 is 1.51. The van der Waals surface area contributed by atoms with Gasteiger partial charge in [-0.1, -0.05) is 43.8 Å². The maximum atomic E-state index is 12.5. The fourth-order valence-electron chi connectivity index (χ4n) is 3.17. The van der Waals surface area contributed by atoms with Crippen molar-refractivity contribution in [2.24, 2.45) is 5.92 Å². The summed E-state index contributed by atoms with van der Waals surface area (Å²) in [6, 6.07) is 7.94. The summed E-state index contributed by atoms with van der Waals surface area (Å²) in [6.45, 7) is 10.1. The number of aryl methyl sites for hydroxylation is 1. The predicted octanol–water partition coefficient (Wildman–Crippen LogP) is 3.89. The lowest BCUT2D eigenvalue weighted by molar-refractivity contribution is -0.119. The Bertz CT molecular complexity index is 785. The smallest absolute Gasteiger partial charge is 0.230 e. The van der Waals surface area contributed by atoms with Crippen molar-refractivity contribution in [3.63, 3.8) is 0 Å². The quantitative estimate of drug-likeness (QED) is 0.781. The Morgan fingerprint density at radius 2 is 2.15 bits per heavy atom. The van der Waals surface area contributed by atoms with E-state index < -0.39 is 0 Å². The summed E-state index contributed by atoms with van der Waals surface area (Å²) in [5, 5.41) is 4.08. The molecule has 6 heteroatoms. The molecular weight excluding hydrogens is 346 g/mol. The van der Waals surface area contributed by atoms with Crippen LogP contribution in [0.3, 0.4) is 0 Å². The molecule has 1 atom stereocenters. The maximum Gasteiger partial charge on any atom is 0.230 e. The van der Waals surface area contributed by atoms with Crippen LogP contribution in [-0.2, 0) is 11.3 Å². The molecule has 0 radical (unpaired) electrons. The number of para-hydroxylation sites is 1. The molecule has 140 valence electrons. The van der Waals surface area contributed by atoms with Crippen LogP contribution < -0.4 is 10.1 Å². The van der Waals surface area contributed by atoms with Crippen LogP contribution in [0.1, 0.15) is 43.3 Å². The molecule has 3 rings (SSSR count). The number of thioether (sulfide) groups is 1. The van der Waals surface area contributed by atoms with Crippen LogP contribution in [0, 0.1) is 19.8 Å². The van der Waals surface area contributed by atoms with Crippen LogP contribution in [0.25, 0.3) is 0 Å². The third-order valence-corrected chi connectivity index (χ3v) is 5.57. The molecule has 2 aromatic rings. The molecule has 2 heterocycles. The summed E-state index contributed by atoms with van der Waals surface area (Å²) in [5.74, 6) is 1.81. The van der Waals surface area contributed by atoms with Gasteiger partial charge in [0.25, 0.3) is 0 Å². The zero-order valence-corrected chi connectivity index (χ0v) is 16.7. The third kappa shape index (κ3) is 4.23. The van der Waals surface area contributed by atoms with Crippen LogP contribution in [0.5, 0.6) is 5.75 Å². The van der Waals surface area contributed by atoms with E-state index in [9.17, 15) is 4.79 Å². The molecule has 1 N–H and O–H groups in total. The van der Waals surface area contributed by atoms with Crippen LogP contribution in [0.4, 0.5) is 0 Å². The fourth-order valence-corrected chi connectivity index (χ4v) is 4.08. The van der Waals surface area contributed by atoms with E-state index in [1.165, 1.54) is 17.5 Å². The van der Waals surface area contributed by atoms with Gasteiger partial charge >= 0.3 is 0 Å². The minimum atomic E-state index is 0.0203. The highest BCUT2D eigenvalue weighted by atomic mass is 32.2. The molecule has 0 spiro atoms. The molecule has 0 aliphatic carbocycles. The maximum absolute atomic E-state index is 12.5. The van der Waals surface area contributed by atoms with E-state index >= 15 is 0 Å². The number of hydrogen-bond donors (Lipinski definition) is 1. The van der Waals surface area contributed by atoms with Gasteiger partial charge in [-0.15, -0.1) is 0 Å². The first-order valence-corrected chi connectivity index (χ1v) is 10.1. The summed E-state index contributed by atoms with van der Waals surface area (Å²) in [4.78, 5) is 17.2. The first-order chi connectivity index (χ1) is 12.5. The lowest BCUT2D eigenvalue weighted by atomic mass is 10.0. The van der Waals surface area contributed by atoms with E-state index in [-0.39, 0.29) is 11.9 Å². The minimum Gasteiger partial charge on any atom is -0.493 e. The van der Waals surface area contributed by atoms with Gasteiger partial charge in [0.2, 0.25) is 5.91 Å². The number of imidazole rings is 1. The van der Waals surface area contributed by atoms with Gasteiger partial charge in [-0.2, -0.15) is 0 Å². The first-order valence-electron chi connectivity index (χ1n) is 9.13. The van der Waals surface area contributed by atoms with E-state index in [1.807, 2.05) is 31.2 Å². The summed E-state index contributed by atoms with van der Waals surface area (Å²) in [7, 11) is 0. The lowest BCUT2D eigenvalue weighted by Gasteiger charge is -2.26. The van der Waals surface area contributed by atoms with Gasteiger partial charge in [-0.3, -0.25) is 4.79 Å². The van der Waals surface area contributed by atoms with E-state index in [0.29, 0.717) is 18.3 Å². The highest BCUT2D eigenvalue weighted by molar-refractivity contribution is 7.99. The van der Waals surface area contributed by atoms with Crippen LogP contribution in [0.15, 0.2) is 29.4 Å². The Labute approximate surface area is 159 Å². The highest BCUT2D eigenvalue weighted by Gasteiger charge is 2.23. The second kappa shape index (κ2) is 8.16. The van der Waals surface area contributed by atoms with Gasteiger partial charge in [0.15, 0.2) is 5.16 Å². The van der Waals surface area contributed by atoms with Crippen molar-refractivity contribution >= 4 is 17.7 Å². The Balaban J connectivity index is 1.63. The van der Waals surface area contributed by atoms with E-state index in [2.05, 4.69) is 35.6 Å². The van der Waals surface area contributed by atoms with Gasteiger partial charge in [0.05, 0.1) is 24.1 Å². The fraction of sp³-hybridized carbons (Fsp3) is 0.500. The van der Waals surface area contributed by atoms with Crippen molar-refractivity contribution in [2.45, 2.75) is 51.9 Å². The van der Waals surface area contributed by atoms with Gasteiger partial charge in [-0.25, -0.2) is 4.98 Å². The van der Waals surface area contributed by atoms with Crippen LogP contribution in [0.2, 0.25) is 0 Å². The number of carbonyl (C=O) groups excluding carboxylic acids is 1. The van der Waals surface area contributed by atoms with E-state index in [4.69, 9.17) is 4.74 Å². The van der Waals surface area contributed by atoms with E-state index in [1.54, 1.807) is 0 Å². The summed E-state index contributed by atoms with van der Waals surface area (Å²) in [5.41, 5.74) is 3.27. The molecule has 1 aromatic carbocycles.